The van der Waals surface area contributed by atoms with Crippen molar-refractivity contribution < 1.29 is 13.9 Å². The van der Waals surface area contributed by atoms with Gasteiger partial charge in [-0.25, -0.2) is 0 Å². The number of para-hydroxylation sites is 1. The smallest absolute Gasteiger partial charge is 0.289 e. The molecular weight excluding hydrogens is 316 g/mol. The fourth-order valence-electron chi connectivity index (χ4n) is 3.20. The zero-order valence-electron chi connectivity index (χ0n) is 14.1. The number of hydrogen-bond acceptors (Lipinski definition) is 4. The molecule has 1 aliphatic rings. The summed E-state index contributed by atoms with van der Waals surface area (Å²) in [6, 6.07) is 17.5. The van der Waals surface area contributed by atoms with Crippen LogP contribution in [0.3, 0.4) is 0 Å². The first-order valence-electron chi connectivity index (χ1n) is 8.41. The maximum Gasteiger partial charge on any atom is 0.289 e. The fraction of sp³-hybridized carbons (Fsp3) is 0.250. The van der Waals surface area contributed by atoms with Gasteiger partial charge in [-0.15, -0.1) is 0 Å². The van der Waals surface area contributed by atoms with Crippen LogP contribution >= 0.6 is 0 Å². The minimum atomic E-state index is -0.0365. The van der Waals surface area contributed by atoms with Gasteiger partial charge in [0.15, 0.2) is 5.76 Å². The highest BCUT2D eigenvalue weighted by Crippen LogP contribution is 2.23. The molecule has 128 valence electrons. The third-order valence-electron chi connectivity index (χ3n) is 4.64. The molecule has 5 nitrogen and oxygen atoms in total. The number of benzene rings is 2. The van der Waals surface area contributed by atoms with Gasteiger partial charge in [0.25, 0.3) is 5.91 Å². The van der Waals surface area contributed by atoms with E-state index in [-0.39, 0.29) is 5.91 Å². The van der Waals surface area contributed by atoms with Crippen LogP contribution in [0.2, 0.25) is 0 Å². The zero-order chi connectivity index (χ0) is 17.2. The summed E-state index contributed by atoms with van der Waals surface area (Å²) in [7, 11) is 1.66. The average molecular weight is 336 g/mol. The topological polar surface area (TPSA) is 45.9 Å². The van der Waals surface area contributed by atoms with Gasteiger partial charge >= 0.3 is 0 Å². The van der Waals surface area contributed by atoms with Crippen molar-refractivity contribution in [2.24, 2.45) is 0 Å². The first-order valence-corrected chi connectivity index (χ1v) is 8.41. The Morgan fingerprint density at radius 3 is 2.40 bits per heavy atom. The van der Waals surface area contributed by atoms with Gasteiger partial charge in [0.05, 0.1) is 7.11 Å². The molecule has 2 heterocycles. The first kappa shape index (κ1) is 15.6. The highest BCUT2D eigenvalue weighted by molar-refractivity contribution is 5.96. The van der Waals surface area contributed by atoms with Gasteiger partial charge in [-0.1, -0.05) is 18.2 Å². The number of carbonyl (C=O) groups is 1. The highest BCUT2D eigenvalue weighted by Gasteiger charge is 2.24. The van der Waals surface area contributed by atoms with Gasteiger partial charge in [-0.3, -0.25) is 4.79 Å². The predicted molar refractivity (Wildman–Crippen MR) is 97.3 cm³/mol. The van der Waals surface area contributed by atoms with E-state index in [9.17, 15) is 4.79 Å². The van der Waals surface area contributed by atoms with Gasteiger partial charge in [0.1, 0.15) is 11.3 Å². The third kappa shape index (κ3) is 3.05. The molecule has 0 aliphatic carbocycles. The Kier molecular flexibility index (Phi) is 4.06. The number of anilines is 1. The normalized spacial score (nSPS) is 14.8. The molecule has 0 N–H and O–H groups in total. The van der Waals surface area contributed by atoms with Crippen molar-refractivity contribution in [2.45, 2.75) is 0 Å². The standard InChI is InChI=1S/C20H20N2O3/c1-24-17-8-6-16(7-9-17)21-10-12-22(13-11-21)20(23)19-14-15-4-2-3-5-18(15)25-19/h2-9,14H,10-13H2,1H3. The van der Waals surface area contributed by atoms with Gasteiger partial charge in [0.2, 0.25) is 0 Å². The maximum atomic E-state index is 12.7. The number of piperazine rings is 1. The molecule has 3 aromatic rings. The van der Waals surface area contributed by atoms with Crippen molar-refractivity contribution >= 4 is 22.6 Å². The Labute approximate surface area is 146 Å². The van der Waals surface area contributed by atoms with Gasteiger partial charge in [-0.05, 0) is 36.4 Å². The summed E-state index contributed by atoms with van der Waals surface area (Å²) in [6.07, 6.45) is 0. The number of furan rings is 1. The number of methoxy groups -OCH3 is 1. The molecule has 2 aromatic carbocycles. The Balaban J connectivity index is 1.43. The van der Waals surface area contributed by atoms with Crippen LogP contribution in [-0.4, -0.2) is 44.1 Å². The van der Waals surface area contributed by atoms with Crippen molar-refractivity contribution in [3.05, 3.63) is 60.4 Å². The van der Waals surface area contributed by atoms with Crippen molar-refractivity contribution in [3.63, 3.8) is 0 Å². The van der Waals surface area contributed by atoms with Gasteiger partial charge in [-0.2, -0.15) is 0 Å². The summed E-state index contributed by atoms with van der Waals surface area (Å²) in [5.41, 5.74) is 1.90. The average Bonchev–Trinajstić information content (AvgIpc) is 3.12. The Morgan fingerprint density at radius 2 is 1.72 bits per heavy atom. The van der Waals surface area contributed by atoms with E-state index in [2.05, 4.69) is 17.0 Å². The Morgan fingerprint density at radius 1 is 1.00 bits per heavy atom. The van der Waals surface area contributed by atoms with Crippen LogP contribution in [0.15, 0.2) is 59.0 Å². The largest absolute Gasteiger partial charge is 0.497 e. The van der Waals surface area contributed by atoms with Crippen molar-refractivity contribution in [1.82, 2.24) is 4.90 Å². The lowest BCUT2D eigenvalue weighted by Gasteiger charge is -2.35. The zero-order valence-corrected chi connectivity index (χ0v) is 14.1. The van der Waals surface area contributed by atoms with E-state index in [0.29, 0.717) is 18.8 Å². The van der Waals surface area contributed by atoms with E-state index >= 15 is 0 Å². The molecular formula is C20H20N2O3. The molecule has 1 amide bonds. The molecule has 1 fully saturated rings. The summed E-state index contributed by atoms with van der Waals surface area (Å²) in [4.78, 5) is 16.8. The molecule has 0 bridgehead atoms. The van der Waals surface area contributed by atoms with Gasteiger partial charge < -0.3 is 19.0 Å². The summed E-state index contributed by atoms with van der Waals surface area (Å²) in [5.74, 6) is 1.23. The van der Waals surface area contributed by atoms with Crippen molar-refractivity contribution in [1.29, 1.82) is 0 Å². The fourth-order valence-corrected chi connectivity index (χ4v) is 3.20. The quantitative estimate of drug-likeness (QED) is 0.735. The maximum absolute atomic E-state index is 12.7. The molecule has 0 radical (unpaired) electrons. The second kappa shape index (κ2) is 6.51. The van der Waals surface area contributed by atoms with Crippen LogP contribution in [0.5, 0.6) is 5.75 Å². The number of hydrogen-bond donors (Lipinski definition) is 0. The number of ether oxygens (including phenoxy) is 1. The Hall–Kier alpha value is -2.95. The van der Waals surface area contributed by atoms with E-state index in [1.165, 1.54) is 0 Å². The minimum absolute atomic E-state index is 0.0365. The first-order chi connectivity index (χ1) is 12.2. The molecule has 0 unspecified atom stereocenters. The molecule has 4 rings (SSSR count). The molecule has 5 heteroatoms. The van der Waals surface area contributed by atoms with Crippen LogP contribution in [0.1, 0.15) is 10.6 Å². The number of carbonyl (C=O) groups excluding carboxylic acids is 1. The van der Waals surface area contributed by atoms with Crippen LogP contribution in [0, 0.1) is 0 Å². The van der Waals surface area contributed by atoms with Crippen LogP contribution in [0.4, 0.5) is 5.69 Å². The van der Waals surface area contributed by atoms with E-state index in [1.54, 1.807) is 7.11 Å². The molecule has 1 saturated heterocycles. The lowest BCUT2D eigenvalue weighted by atomic mass is 10.2. The molecule has 25 heavy (non-hydrogen) atoms. The van der Waals surface area contributed by atoms with Gasteiger partial charge in [0, 0.05) is 37.3 Å². The SMILES string of the molecule is COc1ccc(N2CCN(C(=O)c3cc4ccccc4o3)CC2)cc1. The molecule has 1 aliphatic heterocycles. The van der Waals surface area contributed by atoms with E-state index in [1.807, 2.05) is 47.4 Å². The van der Waals surface area contributed by atoms with E-state index < -0.39 is 0 Å². The molecule has 1 aromatic heterocycles. The number of nitrogens with zero attached hydrogens (tertiary/aromatic N) is 2. The second-order valence-corrected chi connectivity index (χ2v) is 6.13. The van der Waals surface area contributed by atoms with Crippen molar-refractivity contribution in [3.8, 4) is 5.75 Å². The minimum Gasteiger partial charge on any atom is -0.497 e. The molecule has 0 saturated carbocycles. The Bertz CT molecular complexity index is 844. The summed E-state index contributed by atoms with van der Waals surface area (Å²) >= 11 is 0. The highest BCUT2D eigenvalue weighted by atomic mass is 16.5. The van der Waals surface area contributed by atoms with Crippen LogP contribution in [0.25, 0.3) is 11.0 Å². The number of fused-ring (bicyclic) bond motifs is 1. The second-order valence-electron chi connectivity index (χ2n) is 6.13. The number of rotatable bonds is 3. The predicted octanol–water partition coefficient (Wildman–Crippen LogP) is 3.40. The molecule has 0 atom stereocenters. The van der Waals surface area contributed by atoms with Crippen molar-refractivity contribution in [2.75, 3.05) is 38.2 Å². The third-order valence-corrected chi connectivity index (χ3v) is 4.64. The van der Waals surface area contributed by atoms with Crippen LogP contribution < -0.4 is 9.64 Å². The molecule has 0 spiro atoms. The van der Waals surface area contributed by atoms with E-state index in [0.717, 1.165) is 35.5 Å². The summed E-state index contributed by atoms with van der Waals surface area (Å²) < 4.78 is 10.9. The monoisotopic (exact) mass is 336 g/mol. The van der Waals surface area contributed by atoms with Crippen LogP contribution in [-0.2, 0) is 0 Å². The lowest BCUT2D eigenvalue weighted by molar-refractivity contribution is 0.0717. The summed E-state index contributed by atoms with van der Waals surface area (Å²) in [5, 5.41) is 0.961. The van der Waals surface area contributed by atoms with E-state index in [4.69, 9.17) is 9.15 Å². The number of amides is 1. The summed E-state index contributed by atoms with van der Waals surface area (Å²) in [6.45, 7) is 2.97. The lowest BCUT2D eigenvalue weighted by Crippen LogP contribution is -2.48.